The SMILES string of the molecule is CCN(CCO)C(=O)CCNS(=O)(=O)c1ccc(C)c(C)c1. The van der Waals surface area contributed by atoms with Gasteiger partial charge in [-0.2, -0.15) is 0 Å². The van der Waals surface area contributed by atoms with Crippen LogP contribution in [0.1, 0.15) is 24.5 Å². The van der Waals surface area contributed by atoms with Crippen LogP contribution < -0.4 is 4.72 Å². The number of nitrogens with zero attached hydrogens (tertiary/aromatic N) is 1. The Morgan fingerprint density at radius 1 is 1.27 bits per heavy atom. The van der Waals surface area contributed by atoms with Gasteiger partial charge < -0.3 is 10.0 Å². The first kappa shape index (κ1) is 18.6. The molecule has 0 spiro atoms. The van der Waals surface area contributed by atoms with Crippen molar-refractivity contribution in [2.75, 3.05) is 26.2 Å². The van der Waals surface area contributed by atoms with Crippen LogP contribution in [0.15, 0.2) is 23.1 Å². The lowest BCUT2D eigenvalue weighted by Crippen LogP contribution is -2.36. The van der Waals surface area contributed by atoms with Gasteiger partial charge in [-0.05, 0) is 44.0 Å². The van der Waals surface area contributed by atoms with Gasteiger partial charge in [0.05, 0.1) is 11.5 Å². The Kier molecular flexibility index (Phi) is 6.99. The van der Waals surface area contributed by atoms with Gasteiger partial charge in [0.25, 0.3) is 0 Å². The fraction of sp³-hybridized carbons (Fsp3) is 0.533. The van der Waals surface area contributed by atoms with Gasteiger partial charge in [-0.1, -0.05) is 6.07 Å². The number of aliphatic hydroxyl groups is 1. The summed E-state index contributed by atoms with van der Waals surface area (Å²) in [5, 5.41) is 8.86. The first-order valence-corrected chi connectivity index (χ1v) is 8.75. The molecule has 1 aromatic carbocycles. The van der Waals surface area contributed by atoms with Crippen LogP contribution in [0.2, 0.25) is 0 Å². The second-order valence-corrected chi connectivity index (χ2v) is 6.86. The minimum Gasteiger partial charge on any atom is -0.395 e. The zero-order valence-corrected chi connectivity index (χ0v) is 14.1. The molecule has 22 heavy (non-hydrogen) atoms. The molecule has 1 amide bonds. The number of aliphatic hydroxyl groups excluding tert-OH is 1. The maximum Gasteiger partial charge on any atom is 0.240 e. The lowest BCUT2D eigenvalue weighted by atomic mass is 10.1. The van der Waals surface area contributed by atoms with Crippen molar-refractivity contribution in [1.82, 2.24) is 9.62 Å². The van der Waals surface area contributed by atoms with Crippen molar-refractivity contribution in [3.05, 3.63) is 29.3 Å². The molecule has 0 saturated carbocycles. The minimum atomic E-state index is -3.61. The molecular weight excluding hydrogens is 304 g/mol. The predicted octanol–water partition coefficient (Wildman–Crippen LogP) is 0.813. The van der Waals surface area contributed by atoms with Crippen LogP contribution in [0.3, 0.4) is 0 Å². The topological polar surface area (TPSA) is 86.7 Å². The molecule has 0 bridgehead atoms. The summed E-state index contributed by atoms with van der Waals surface area (Å²) in [5.74, 6) is -0.181. The molecule has 0 saturated heterocycles. The number of carbonyl (C=O) groups is 1. The lowest BCUT2D eigenvalue weighted by molar-refractivity contribution is -0.131. The highest BCUT2D eigenvalue weighted by Gasteiger charge is 2.16. The number of nitrogens with one attached hydrogen (secondary N) is 1. The second kappa shape index (κ2) is 8.26. The number of aryl methyl sites for hydroxylation is 2. The first-order valence-electron chi connectivity index (χ1n) is 7.27. The smallest absolute Gasteiger partial charge is 0.240 e. The summed E-state index contributed by atoms with van der Waals surface area (Å²) in [6, 6.07) is 4.93. The summed E-state index contributed by atoms with van der Waals surface area (Å²) in [5.41, 5.74) is 1.93. The number of benzene rings is 1. The normalized spacial score (nSPS) is 11.5. The van der Waals surface area contributed by atoms with Crippen molar-refractivity contribution in [3.8, 4) is 0 Å². The average molecular weight is 328 g/mol. The molecule has 0 aromatic heterocycles. The van der Waals surface area contributed by atoms with Gasteiger partial charge in [-0.3, -0.25) is 4.79 Å². The predicted molar refractivity (Wildman–Crippen MR) is 85.1 cm³/mol. The van der Waals surface area contributed by atoms with Crippen molar-refractivity contribution in [1.29, 1.82) is 0 Å². The number of rotatable bonds is 8. The molecule has 0 fully saturated rings. The summed E-state index contributed by atoms with van der Waals surface area (Å²) in [4.78, 5) is 13.6. The van der Waals surface area contributed by atoms with Crippen molar-refractivity contribution in [2.24, 2.45) is 0 Å². The highest BCUT2D eigenvalue weighted by atomic mass is 32.2. The van der Waals surface area contributed by atoms with E-state index >= 15 is 0 Å². The average Bonchev–Trinajstić information content (AvgIpc) is 2.47. The second-order valence-electron chi connectivity index (χ2n) is 5.09. The molecule has 1 aromatic rings. The molecule has 1 rings (SSSR count). The third-order valence-electron chi connectivity index (χ3n) is 3.52. The molecule has 2 N–H and O–H groups in total. The Morgan fingerprint density at radius 2 is 1.95 bits per heavy atom. The molecule has 0 radical (unpaired) electrons. The highest BCUT2D eigenvalue weighted by Crippen LogP contribution is 2.14. The zero-order valence-electron chi connectivity index (χ0n) is 13.3. The third kappa shape index (κ3) is 5.08. The summed E-state index contributed by atoms with van der Waals surface area (Å²) in [7, 11) is -3.61. The molecule has 0 aliphatic heterocycles. The highest BCUT2D eigenvalue weighted by molar-refractivity contribution is 7.89. The Hall–Kier alpha value is -1.44. The number of sulfonamides is 1. The number of hydrogen-bond acceptors (Lipinski definition) is 4. The summed E-state index contributed by atoms with van der Waals surface area (Å²) in [6.07, 6.45) is 0.0674. The van der Waals surface area contributed by atoms with E-state index in [1.54, 1.807) is 18.2 Å². The summed E-state index contributed by atoms with van der Waals surface area (Å²) in [6.45, 7) is 6.27. The van der Waals surface area contributed by atoms with Crippen molar-refractivity contribution in [3.63, 3.8) is 0 Å². The fourth-order valence-corrected chi connectivity index (χ4v) is 3.11. The van der Waals surface area contributed by atoms with Crippen LogP contribution in [-0.2, 0) is 14.8 Å². The third-order valence-corrected chi connectivity index (χ3v) is 4.98. The molecule has 0 atom stereocenters. The largest absolute Gasteiger partial charge is 0.395 e. The van der Waals surface area contributed by atoms with Gasteiger partial charge in [0.15, 0.2) is 0 Å². The van der Waals surface area contributed by atoms with Crippen LogP contribution in [0.5, 0.6) is 0 Å². The minimum absolute atomic E-state index is 0.0377. The van der Waals surface area contributed by atoms with E-state index in [0.717, 1.165) is 11.1 Å². The Balaban J connectivity index is 2.63. The first-order chi connectivity index (χ1) is 10.3. The maximum atomic E-state index is 12.2. The number of hydrogen-bond donors (Lipinski definition) is 2. The number of carbonyl (C=O) groups excluding carboxylic acids is 1. The zero-order chi connectivity index (χ0) is 16.8. The molecule has 6 nitrogen and oxygen atoms in total. The van der Waals surface area contributed by atoms with E-state index in [4.69, 9.17) is 5.11 Å². The van der Waals surface area contributed by atoms with E-state index < -0.39 is 10.0 Å². The molecule has 0 heterocycles. The van der Waals surface area contributed by atoms with Crippen LogP contribution in [0, 0.1) is 13.8 Å². The summed E-state index contributed by atoms with van der Waals surface area (Å²) < 4.78 is 26.8. The van der Waals surface area contributed by atoms with Gasteiger partial charge in [-0.25, -0.2) is 13.1 Å². The maximum absolute atomic E-state index is 12.2. The summed E-state index contributed by atoms with van der Waals surface area (Å²) >= 11 is 0. The van der Waals surface area contributed by atoms with Gasteiger partial charge >= 0.3 is 0 Å². The van der Waals surface area contributed by atoms with E-state index in [1.807, 2.05) is 20.8 Å². The van der Waals surface area contributed by atoms with E-state index in [0.29, 0.717) is 6.54 Å². The van der Waals surface area contributed by atoms with E-state index in [-0.39, 0.29) is 36.9 Å². The lowest BCUT2D eigenvalue weighted by Gasteiger charge is -2.19. The quantitative estimate of drug-likeness (QED) is 0.739. The van der Waals surface area contributed by atoms with Gasteiger partial charge in [0.1, 0.15) is 0 Å². The van der Waals surface area contributed by atoms with E-state index in [1.165, 1.54) is 4.90 Å². The molecule has 0 aliphatic rings. The standard InChI is InChI=1S/C15H24N2O4S/c1-4-17(9-10-18)15(19)7-8-16-22(20,21)14-6-5-12(2)13(3)11-14/h5-6,11,16,18H,4,7-10H2,1-3H3. The van der Waals surface area contributed by atoms with Crippen LogP contribution >= 0.6 is 0 Å². The number of amides is 1. The van der Waals surface area contributed by atoms with Gasteiger partial charge in [-0.15, -0.1) is 0 Å². The molecule has 0 unspecified atom stereocenters. The molecule has 0 aliphatic carbocycles. The van der Waals surface area contributed by atoms with Crippen molar-refractivity contribution >= 4 is 15.9 Å². The monoisotopic (exact) mass is 328 g/mol. The van der Waals surface area contributed by atoms with Crippen molar-refractivity contribution in [2.45, 2.75) is 32.1 Å². The Bertz CT molecular complexity index is 614. The van der Waals surface area contributed by atoms with Gasteiger partial charge in [0, 0.05) is 26.1 Å². The van der Waals surface area contributed by atoms with Crippen LogP contribution in [-0.4, -0.2) is 50.6 Å². The number of likely N-dealkylation sites (N-methyl/N-ethyl adjacent to an activating group) is 1. The van der Waals surface area contributed by atoms with Crippen molar-refractivity contribution < 1.29 is 18.3 Å². The Morgan fingerprint density at radius 3 is 2.50 bits per heavy atom. The van der Waals surface area contributed by atoms with Crippen LogP contribution in [0.4, 0.5) is 0 Å². The van der Waals surface area contributed by atoms with E-state index in [2.05, 4.69) is 4.72 Å². The molecule has 124 valence electrons. The molecule has 7 heteroatoms. The molecular formula is C15H24N2O4S. The van der Waals surface area contributed by atoms with Gasteiger partial charge in [0.2, 0.25) is 15.9 Å². The van der Waals surface area contributed by atoms with Crippen LogP contribution in [0.25, 0.3) is 0 Å². The Labute approximate surface area is 132 Å². The van der Waals surface area contributed by atoms with E-state index in [9.17, 15) is 13.2 Å². The fourth-order valence-electron chi connectivity index (χ4n) is 1.99.